The van der Waals surface area contributed by atoms with Gasteiger partial charge in [-0.2, -0.15) is 0 Å². The Bertz CT molecular complexity index is 975. The van der Waals surface area contributed by atoms with E-state index in [1.165, 1.54) is 0 Å². The van der Waals surface area contributed by atoms with Crippen molar-refractivity contribution < 1.29 is 14.7 Å². The number of ketones is 1. The van der Waals surface area contributed by atoms with Gasteiger partial charge in [-0.3, -0.25) is 14.6 Å². The van der Waals surface area contributed by atoms with Crippen molar-refractivity contribution in [1.82, 2.24) is 9.88 Å². The van der Waals surface area contributed by atoms with Gasteiger partial charge in [-0.25, -0.2) is 0 Å². The maximum Gasteiger partial charge on any atom is 0.295 e. The van der Waals surface area contributed by atoms with Crippen LogP contribution in [-0.4, -0.2) is 32.7 Å². The summed E-state index contributed by atoms with van der Waals surface area (Å²) in [5.74, 6) is -1.24. The number of hydrogen-bond acceptors (Lipinski definition) is 4. The number of rotatable bonds is 3. The maximum absolute atomic E-state index is 13.1. The van der Waals surface area contributed by atoms with Gasteiger partial charge in [0.25, 0.3) is 11.7 Å². The highest BCUT2D eigenvalue weighted by atomic mass is 16.3. The fourth-order valence-corrected chi connectivity index (χ4v) is 4.50. The Morgan fingerprint density at radius 2 is 1.83 bits per heavy atom. The zero-order valence-electron chi connectivity index (χ0n) is 16.9. The summed E-state index contributed by atoms with van der Waals surface area (Å²) in [6, 6.07) is 8.65. The van der Waals surface area contributed by atoms with Crippen molar-refractivity contribution in [2.24, 2.45) is 0 Å². The molecule has 5 nitrogen and oxygen atoms in total. The molecule has 1 unspecified atom stereocenters. The third kappa shape index (κ3) is 3.46. The van der Waals surface area contributed by atoms with Crippen LogP contribution in [0.2, 0.25) is 0 Å². The van der Waals surface area contributed by atoms with Crippen molar-refractivity contribution in [3.05, 3.63) is 70.6 Å². The smallest absolute Gasteiger partial charge is 0.295 e. The number of hydrogen-bond donors (Lipinski definition) is 1. The van der Waals surface area contributed by atoms with Crippen LogP contribution in [0, 0.1) is 13.8 Å². The van der Waals surface area contributed by atoms with Gasteiger partial charge in [0, 0.05) is 24.0 Å². The SMILES string of the molecule is Cc1ccc(/C(O)=C2/C(=O)C(=O)N(C3CCCCC3)C2c2cccnc2)cc1C. The highest BCUT2D eigenvalue weighted by Crippen LogP contribution is 2.42. The normalized spacial score (nSPS) is 22.3. The van der Waals surface area contributed by atoms with Crippen molar-refractivity contribution in [3.8, 4) is 0 Å². The molecule has 1 saturated heterocycles. The monoisotopic (exact) mass is 390 g/mol. The van der Waals surface area contributed by atoms with Crippen LogP contribution in [0.15, 0.2) is 48.3 Å². The van der Waals surface area contributed by atoms with E-state index in [2.05, 4.69) is 4.98 Å². The topological polar surface area (TPSA) is 70.5 Å². The number of pyridine rings is 1. The first kappa shape index (κ1) is 19.4. The molecule has 2 fully saturated rings. The molecule has 0 spiro atoms. The van der Waals surface area contributed by atoms with Gasteiger partial charge in [0.05, 0.1) is 11.6 Å². The van der Waals surface area contributed by atoms with E-state index in [1.807, 2.05) is 32.0 Å². The summed E-state index contributed by atoms with van der Waals surface area (Å²) in [4.78, 5) is 32.0. The molecular formula is C24H26N2O3. The second-order valence-corrected chi connectivity index (χ2v) is 8.08. The minimum Gasteiger partial charge on any atom is -0.507 e. The maximum atomic E-state index is 13.1. The van der Waals surface area contributed by atoms with E-state index in [0.717, 1.165) is 48.8 Å². The number of aliphatic hydroxyl groups excluding tert-OH is 1. The highest BCUT2D eigenvalue weighted by molar-refractivity contribution is 6.46. The first-order chi connectivity index (χ1) is 14.0. The molecule has 1 aliphatic heterocycles. The van der Waals surface area contributed by atoms with Gasteiger partial charge >= 0.3 is 0 Å². The van der Waals surface area contributed by atoms with Crippen LogP contribution in [0.3, 0.4) is 0 Å². The summed E-state index contributed by atoms with van der Waals surface area (Å²) < 4.78 is 0. The molecule has 2 heterocycles. The van der Waals surface area contributed by atoms with E-state index in [0.29, 0.717) is 5.56 Å². The van der Waals surface area contributed by atoms with Crippen LogP contribution in [0.1, 0.15) is 60.4 Å². The average molecular weight is 390 g/mol. The lowest BCUT2D eigenvalue weighted by Gasteiger charge is -2.35. The molecule has 1 saturated carbocycles. The predicted molar refractivity (Wildman–Crippen MR) is 111 cm³/mol. The van der Waals surface area contributed by atoms with Gasteiger partial charge < -0.3 is 10.0 Å². The van der Waals surface area contributed by atoms with E-state index >= 15 is 0 Å². The van der Waals surface area contributed by atoms with E-state index in [4.69, 9.17) is 0 Å². The number of carbonyl (C=O) groups excluding carboxylic acids is 2. The molecule has 2 aliphatic rings. The summed E-state index contributed by atoms with van der Waals surface area (Å²) in [6.07, 6.45) is 8.36. The third-order valence-corrected chi connectivity index (χ3v) is 6.23. The number of amides is 1. The van der Waals surface area contributed by atoms with Crippen LogP contribution in [0.5, 0.6) is 0 Å². The summed E-state index contributed by atoms with van der Waals surface area (Å²) in [7, 11) is 0. The summed E-state index contributed by atoms with van der Waals surface area (Å²) >= 11 is 0. The van der Waals surface area contributed by atoms with Crippen molar-refractivity contribution in [2.75, 3.05) is 0 Å². The van der Waals surface area contributed by atoms with Crippen LogP contribution < -0.4 is 0 Å². The lowest BCUT2D eigenvalue weighted by Crippen LogP contribution is -2.40. The van der Waals surface area contributed by atoms with Crippen LogP contribution in [0.4, 0.5) is 0 Å². The molecular weight excluding hydrogens is 364 g/mol. The highest BCUT2D eigenvalue weighted by Gasteiger charge is 2.48. The van der Waals surface area contributed by atoms with E-state index in [1.54, 1.807) is 29.4 Å². The van der Waals surface area contributed by atoms with Gasteiger partial charge in [-0.15, -0.1) is 0 Å². The van der Waals surface area contributed by atoms with Crippen LogP contribution in [0.25, 0.3) is 5.76 Å². The molecule has 2 aromatic rings. The van der Waals surface area contributed by atoms with Gasteiger partial charge in [-0.1, -0.05) is 37.5 Å². The number of benzene rings is 1. The molecule has 5 heteroatoms. The molecule has 1 amide bonds. The quantitative estimate of drug-likeness (QED) is 0.477. The Hall–Kier alpha value is -2.95. The number of likely N-dealkylation sites (tertiary alicyclic amines) is 1. The predicted octanol–water partition coefficient (Wildman–Crippen LogP) is 4.45. The largest absolute Gasteiger partial charge is 0.507 e. The standard InChI is InChI=1S/C24H26N2O3/c1-15-10-11-17(13-16(15)2)22(27)20-21(18-7-6-12-25-14-18)26(24(29)23(20)28)19-8-4-3-5-9-19/h6-7,10-14,19,21,27H,3-5,8-9H2,1-2H3/b22-20-. The number of aryl methyl sites for hydroxylation is 2. The Kier molecular flexibility index (Phi) is 5.22. The number of nitrogens with zero attached hydrogens (tertiary/aromatic N) is 2. The molecule has 150 valence electrons. The van der Waals surface area contributed by atoms with Gasteiger partial charge in [0.1, 0.15) is 5.76 Å². The molecule has 0 bridgehead atoms. The second kappa shape index (κ2) is 7.82. The van der Waals surface area contributed by atoms with Crippen molar-refractivity contribution in [2.45, 2.75) is 58.0 Å². The van der Waals surface area contributed by atoms with Crippen molar-refractivity contribution >= 4 is 17.4 Å². The Labute approximate surface area is 171 Å². The van der Waals surface area contributed by atoms with Gasteiger partial charge in [0.15, 0.2) is 0 Å². The third-order valence-electron chi connectivity index (χ3n) is 6.23. The number of aromatic nitrogens is 1. The van der Waals surface area contributed by atoms with Crippen LogP contribution >= 0.6 is 0 Å². The van der Waals surface area contributed by atoms with E-state index in [-0.39, 0.29) is 17.4 Å². The number of aliphatic hydroxyl groups is 1. The molecule has 0 radical (unpaired) electrons. The minimum absolute atomic E-state index is 0.00969. The molecule has 1 N–H and O–H groups in total. The fraction of sp³-hybridized carbons (Fsp3) is 0.375. The number of Topliss-reactive ketones (excluding diaryl/α,β-unsaturated/α-hetero) is 1. The fourth-order valence-electron chi connectivity index (χ4n) is 4.50. The van der Waals surface area contributed by atoms with Crippen molar-refractivity contribution in [3.63, 3.8) is 0 Å². The second-order valence-electron chi connectivity index (χ2n) is 8.08. The van der Waals surface area contributed by atoms with E-state index < -0.39 is 17.7 Å². The first-order valence-electron chi connectivity index (χ1n) is 10.3. The molecule has 1 aliphatic carbocycles. The zero-order chi connectivity index (χ0) is 20.5. The molecule has 29 heavy (non-hydrogen) atoms. The minimum atomic E-state index is -0.611. The Morgan fingerprint density at radius 1 is 1.07 bits per heavy atom. The first-order valence-corrected chi connectivity index (χ1v) is 10.3. The molecule has 1 aromatic heterocycles. The van der Waals surface area contributed by atoms with Gasteiger partial charge in [0.2, 0.25) is 0 Å². The van der Waals surface area contributed by atoms with E-state index in [9.17, 15) is 14.7 Å². The Morgan fingerprint density at radius 3 is 2.48 bits per heavy atom. The summed E-state index contributed by atoms with van der Waals surface area (Å²) in [5, 5.41) is 11.1. The zero-order valence-corrected chi connectivity index (χ0v) is 16.9. The number of carbonyl (C=O) groups is 2. The lowest BCUT2D eigenvalue weighted by atomic mass is 9.91. The van der Waals surface area contributed by atoms with Crippen molar-refractivity contribution in [1.29, 1.82) is 0 Å². The molecule has 4 rings (SSSR count). The average Bonchev–Trinajstić information content (AvgIpc) is 3.01. The lowest BCUT2D eigenvalue weighted by molar-refractivity contribution is -0.141. The van der Waals surface area contributed by atoms with Gasteiger partial charge in [-0.05, 0) is 55.5 Å². The molecule has 1 aromatic carbocycles. The Balaban J connectivity index is 1.87. The summed E-state index contributed by atoms with van der Waals surface area (Å²) in [6.45, 7) is 3.96. The van der Waals surface area contributed by atoms with Crippen LogP contribution in [-0.2, 0) is 9.59 Å². The summed E-state index contributed by atoms with van der Waals surface area (Å²) in [5.41, 5.74) is 3.60. The molecule has 1 atom stereocenters.